The third-order valence-electron chi connectivity index (χ3n) is 9.71. The van der Waals surface area contributed by atoms with Crippen molar-refractivity contribution in [3.05, 3.63) is 101 Å². The van der Waals surface area contributed by atoms with Gasteiger partial charge in [0.2, 0.25) is 0 Å². The number of nitrogens with zero attached hydrogens (tertiary/aromatic N) is 4. The average molecular weight is 588 g/mol. The molecule has 1 aromatic heterocycles. The van der Waals surface area contributed by atoms with E-state index in [1.807, 2.05) is 24.3 Å². The number of aryl methyl sites for hydroxylation is 1. The summed E-state index contributed by atoms with van der Waals surface area (Å²) in [5, 5.41) is 10.4. The number of piperazine rings is 1. The van der Waals surface area contributed by atoms with Crippen molar-refractivity contribution in [1.29, 1.82) is 5.26 Å². The lowest BCUT2D eigenvalue weighted by Gasteiger charge is -2.36. The molecule has 44 heavy (non-hydrogen) atoms. The van der Waals surface area contributed by atoms with E-state index in [1.165, 1.54) is 41.5 Å². The number of carbonyl (C=O) groups excluding carboxylic acids is 1. The van der Waals surface area contributed by atoms with Crippen LogP contribution in [0.25, 0.3) is 10.9 Å². The van der Waals surface area contributed by atoms with Gasteiger partial charge in [-0.2, -0.15) is 5.26 Å². The van der Waals surface area contributed by atoms with Crippen molar-refractivity contribution in [2.24, 2.45) is 5.92 Å². The van der Waals surface area contributed by atoms with E-state index < -0.39 is 0 Å². The summed E-state index contributed by atoms with van der Waals surface area (Å²) in [5.41, 5.74) is 6.57. The summed E-state index contributed by atoms with van der Waals surface area (Å²) in [6.45, 7) is 8.51. The second-order valence-corrected chi connectivity index (χ2v) is 12.7. The van der Waals surface area contributed by atoms with Gasteiger partial charge in [-0.3, -0.25) is 14.6 Å². The zero-order valence-electron chi connectivity index (χ0n) is 25.9. The average Bonchev–Trinajstić information content (AvgIpc) is 3.49. The highest BCUT2D eigenvalue weighted by molar-refractivity contribution is 5.97. The highest BCUT2D eigenvalue weighted by Gasteiger charge is 2.21. The van der Waals surface area contributed by atoms with E-state index in [2.05, 4.69) is 80.5 Å². The minimum Gasteiger partial charge on any atom is -0.369 e. The van der Waals surface area contributed by atoms with Crippen molar-refractivity contribution in [3.63, 3.8) is 0 Å². The van der Waals surface area contributed by atoms with Gasteiger partial charge in [0.05, 0.1) is 11.6 Å². The molecule has 0 saturated carbocycles. The van der Waals surface area contributed by atoms with Gasteiger partial charge in [-0.15, -0.1) is 0 Å². The smallest absolute Gasteiger partial charge is 0.162 e. The van der Waals surface area contributed by atoms with E-state index in [-0.39, 0.29) is 5.78 Å². The number of rotatable bonds is 12. The number of H-pyrrole nitrogens is 1. The molecule has 0 amide bonds. The lowest BCUT2D eigenvalue weighted by atomic mass is 9.90. The molecule has 6 heteroatoms. The van der Waals surface area contributed by atoms with Crippen LogP contribution in [0.4, 0.5) is 5.69 Å². The number of hydrogen-bond acceptors (Lipinski definition) is 5. The molecule has 4 aromatic rings. The van der Waals surface area contributed by atoms with E-state index in [0.717, 1.165) is 88.3 Å². The topological polar surface area (TPSA) is 66.4 Å². The monoisotopic (exact) mass is 587 g/mol. The minimum absolute atomic E-state index is 0.288. The number of unbranched alkanes of at least 4 members (excludes halogenated alkanes) is 1. The molecule has 2 saturated heterocycles. The summed E-state index contributed by atoms with van der Waals surface area (Å²) in [4.78, 5) is 24.1. The maximum Gasteiger partial charge on any atom is 0.162 e. The first kappa shape index (κ1) is 30.1. The largest absolute Gasteiger partial charge is 0.369 e. The predicted molar refractivity (Wildman–Crippen MR) is 179 cm³/mol. The van der Waals surface area contributed by atoms with Crippen LogP contribution in [0.2, 0.25) is 0 Å². The molecule has 1 N–H and O–H groups in total. The van der Waals surface area contributed by atoms with E-state index in [1.54, 1.807) is 0 Å². The van der Waals surface area contributed by atoms with Crippen LogP contribution in [0.3, 0.4) is 0 Å². The molecule has 3 heterocycles. The van der Waals surface area contributed by atoms with Gasteiger partial charge in [0.1, 0.15) is 0 Å². The number of Topliss-reactive ketones (excluding diaryl/α,β-unsaturated/α-hetero) is 1. The third-order valence-corrected chi connectivity index (χ3v) is 9.71. The number of anilines is 1. The number of benzene rings is 3. The molecule has 0 unspecified atom stereocenters. The number of carbonyl (C=O) groups is 1. The van der Waals surface area contributed by atoms with E-state index in [9.17, 15) is 10.1 Å². The van der Waals surface area contributed by atoms with Crippen molar-refractivity contribution in [3.8, 4) is 6.07 Å². The van der Waals surface area contributed by atoms with E-state index in [0.29, 0.717) is 12.3 Å². The van der Waals surface area contributed by atoms with Crippen molar-refractivity contribution >= 4 is 22.4 Å². The first-order valence-electron chi connectivity index (χ1n) is 16.5. The minimum atomic E-state index is 0.288. The fourth-order valence-electron chi connectivity index (χ4n) is 6.97. The van der Waals surface area contributed by atoms with Gasteiger partial charge in [-0.25, -0.2) is 0 Å². The lowest BCUT2D eigenvalue weighted by molar-refractivity contribution is 0.0961. The van der Waals surface area contributed by atoms with Gasteiger partial charge in [0.15, 0.2) is 5.78 Å². The zero-order chi connectivity index (χ0) is 30.1. The summed E-state index contributed by atoms with van der Waals surface area (Å²) < 4.78 is 0. The normalized spacial score (nSPS) is 16.8. The van der Waals surface area contributed by atoms with Crippen molar-refractivity contribution in [1.82, 2.24) is 14.8 Å². The fraction of sp³-hybridized carbons (Fsp3) is 0.421. The van der Waals surface area contributed by atoms with Gasteiger partial charge in [0.25, 0.3) is 0 Å². The molecule has 0 aliphatic carbocycles. The number of ketones is 1. The van der Waals surface area contributed by atoms with Gasteiger partial charge >= 0.3 is 0 Å². The van der Waals surface area contributed by atoms with Crippen LogP contribution in [0.5, 0.6) is 0 Å². The summed E-state index contributed by atoms with van der Waals surface area (Å²) in [6, 6.07) is 27.2. The molecule has 2 aliphatic heterocycles. The SMILES string of the molecule is N#Cc1ccc2[nH]cc(CCCCN3CCN(c4cccc(C(=O)CCC5CCN(Cc6ccccc6)CC5)c4)CC3)c2c1. The Labute approximate surface area is 262 Å². The molecular weight excluding hydrogens is 542 g/mol. The second-order valence-electron chi connectivity index (χ2n) is 12.7. The van der Waals surface area contributed by atoms with Crippen LogP contribution in [-0.4, -0.2) is 66.4 Å². The molecular formula is C38H45N5O. The Balaban J connectivity index is 0.898. The Bertz CT molecular complexity index is 1560. The Morgan fingerprint density at radius 1 is 0.864 bits per heavy atom. The third kappa shape index (κ3) is 7.77. The molecule has 228 valence electrons. The van der Waals surface area contributed by atoms with Crippen LogP contribution in [0.15, 0.2) is 79.0 Å². The number of hydrogen-bond donors (Lipinski definition) is 1. The van der Waals surface area contributed by atoms with Gasteiger partial charge < -0.3 is 9.88 Å². The Kier molecular flexibility index (Phi) is 10.1. The highest BCUT2D eigenvalue weighted by Crippen LogP contribution is 2.26. The maximum atomic E-state index is 13.2. The lowest BCUT2D eigenvalue weighted by Crippen LogP contribution is -2.46. The van der Waals surface area contributed by atoms with Gasteiger partial charge in [0, 0.05) is 67.5 Å². The number of aromatic nitrogens is 1. The molecule has 2 fully saturated rings. The van der Waals surface area contributed by atoms with Crippen LogP contribution in [-0.2, 0) is 13.0 Å². The van der Waals surface area contributed by atoms with Crippen LogP contribution in [0, 0.1) is 17.2 Å². The molecule has 2 aliphatic rings. The molecule has 0 spiro atoms. The van der Waals surface area contributed by atoms with Crippen LogP contribution in [0.1, 0.15) is 65.6 Å². The number of likely N-dealkylation sites (tertiary alicyclic amines) is 1. The molecule has 6 nitrogen and oxygen atoms in total. The number of aromatic amines is 1. The van der Waals surface area contributed by atoms with Crippen molar-refractivity contribution < 1.29 is 4.79 Å². The predicted octanol–water partition coefficient (Wildman–Crippen LogP) is 7.06. The van der Waals surface area contributed by atoms with Crippen molar-refractivity contribution in [2.75, 3.05) is 50.7 Å². The van der Waals surface area contributed by atoms with E-state index >= 15 is 0 Å². The highest BCUT2D eigenvalue weighted by atomic mass is 16.1. The molecule has 6 rings (SSSR count). The first-order valence-corrected chi connectivity index (χ1v) is 16.5. The van der Waals surface area contributed by atoms with Crippen molar-refractivity contribution in [2.45, 2.75) is 51.5 Å². The van der Waals surface area contributed by atoms with E-state index in [4.69, 9.17) is 0 Å². The molecule has 0 radical (unpaired) electrons. The number of nitriles is 1. The fourth-order valence-corrected chi connectivity index (χ4v) is 6.97. The van der Waals surface area contributed by atoms with Gasteiger partial charge in [-0.1, -0.05) is 42.5 Å². The Hall–Kier alpha value is -3.92. The first-order chi connectivity index (χ1) is 21.6. The summed E-state index contributed by atoms with van der Waals surface area (Å²) in [6.07, 6.45) is 9.47. The quantitative estimate of drug-likeness (QED) is 0.142. The standard InChI is InChI=1S/C38H45N5O/c39-27-32-12-14-37-36(25-32)34(28-40-37)9-4-5-18-41-21-23-43(24-22-41)35-11-6-10-33(26-35)38(44)15-13-30-16-19-42(20-17-30)29-31-7-2-1-3-8-31/h1-3,6-8,10-12,14,25-26,28,30,40H,4-5,9,13,15-24,29H2. The summed E-state index contributed by atoms with van der Waals surface area (Å²) in [7, 11) is 0. The van der Waals surface area contributed by atoms with Gasteiger partial charge in [-0.05, 0) is 106 Å². The second kappa shape index (κ2) is 14.7. The molecule has 0 bridgehead atoms. The maximum absolute atomic E-state index is 13.2. The number of piperidine rings is 1. The molecule has 3 aromatic carbocycles. The Morgan fingerprint density at radius 2 is 1.68 bits per heavy atom. The summed E-state index contributed by atoms with van der Waals surface area (Å²) >= 11 is 0. The number of nitrogens with one attached hydrogen (secondary N) is 1. The number of fused-ring (bicyclic) bond motifs is 1. The zero-order valence-corrected chi connectivity index (χ0v) is 25.9. The summed E-state index contributed by atoms with van der Waals surface area (Å²) in [5.74, 6) is 0.942. The van der Waals surface area contributed by atoms with Crippen LogP contribution < -0.4 is 4.90 Å². The molecule has 0 atom stereocenters. The van der Waals surface area contributed by atoms with Crippen LogP contribution >= 0.6 is 0 Å². The Morgan fingerprint density at radius 3 is 2.48 bits per heavy atom.